The molecule has 2 aliphatic rings. The molecule has 146 valence electrons. The van der Waals surface area contributed by atoms with Crippen molar-refractivity contribution in [3.63, 3.8) is 0 Å². The van der Waals surface area contributed by atoms with Crippen LogP contribution in [0.15, 0.2) is 35.2 Å². The molecule has 0 aliphatic carbocycles. The Labute approximate surface area is 158 Å². The molecule has 1 N–H and O–H groups in total. The second-order valence-electron chi connectivity index (χ2n) is 6.91. The number of quaternary nitrogens is 1. The summed E-state index contributed by atoms with van der Waals surface area (Å²) in [6, 6.07) is 7.23. The van der Waals surface area contributed by atoms with Crippen molar-refractivity contribution < 1.29 is 27.7 Å². The number of carbonyl (C=O) groups is 3. The number of rotatable bonds is 5. The zero-order chi connectivity index (χ0) is 19.8. The zero-order valence-corrected chi connectivity index (χ0v) is 16.1. The number of hydrogen-bond acceptors (Lipinski definition) is 5. The van der Waals surface area contributed by atoms with E-state index in [9.17, 15) is 22.8 Å². The van der Waals surface area contributed by atoms with Crippen molar-refractivity contribution in [3.8, 4) is 0 Å². The van der Waals surface area contributed by atoms with Gasteiger partial charge in [-0.2, -0.15) is 4.31 Å². The van der Waals surface area contributed by atoms with Crippen LogP contribution in [0.1, 0.15) is 13.8 Å². The summed E-state index contributed by atoms with van der Waals surface area (Å²) in [7, 11) is -3.55. The van der Waals surface area contributed by atoms with E-state index in [0.717, 1.165) is 14.7 Å². The van der Waals surface area contributed by atoms with E-state index in [2.05, 4.69) is 0 Å². The Morgan fingerprint density at radius 3 is 2.11 bits per heavy atom. The molecule has 2 saturated heterocycles. The first-order chi connectivity index (χ1) is 12.7. The van der Waals surface area contributed by atoms with Crippen molar-refractivity contribution in [1.82, 2.24) is 14.1 Å². The van der Waals surface area contributed by atoms with Crippen LogP contribution in [0.5, 0.6) is 0 Å². The van der Waals surface area contributed by atoms with Crippen LogP contribution in [-0.4, -0.2) is 79.3 Å². The first kappa shape index (κ1) is 19.5. The van der Waals surface area contributed by atoms with Gasteiger partial charge in [-0.25, -0.2) is 18.1 Å². The van der Waals surface area contributed by atoms with Crippen LogP contribution in [0.25, 0.3) is 0 Å². The molecule has 1 aromatic carbocycles. The second kappa shape index (κ2) is 7.37. The van der Waals surface area contributed by atoms with E-state index < -0.39 is 27.9 Å². The highest BCUT2D eigenvalue weighted by Gasteiger charge is 2.47. The molecular weight excluding hydrogens is 372 g/mol. The lowest BCUT2D eigenvalue weighted by Crippen LogP contribution is -3.16. The SMILES string of the molecule is CC(C)N1C(=O)C(=O)N(C[NH+]2CCN(S(=O)(=O)c3ccccc3)CC2)C1=O. The molecule has 3 rings (SSSR count). The molecule has 2 aliphatic heterocycles. The molecule has 0 saturated carbocycles. The minimum atomic E-state index is -3.55. The van der Waals surface area contributed by atoms with Crippen molar-refractivity contribution in [2.24, 2.45) is 0 Å². The van der Waals surface area contributed by atoms with Crippen LogP contribution >= 0.6 is 0 Å². The fourth-order valence-electron chi connectivity index (χ4n) is 3.28. The molecule has 4 amide bonds. The topological polar surface area (TPSA) is 99.5 Å². The predicted octanol–water partition coefficient (Wildman–Crippen LogP) is -1.27. The van der Waals surface area contributed by atoms with E-state index in [1.807, 2.05) is 0 Å². The number of imide groups is 2. The smallest absolute Gasteiger partial charge is 0.315 e. The van der Waals surface area contributed by atoms with Crippen LogP contribution < -0.4 is 4.90 Å². The van der Waals surface area contributed by atoms with E-state index >= 15 is 0 Å². The van der Waals surface area contributed by atoms with Gasteiger partial charge in [0.15, 0.2) is 6.67 Å². The summed E-state index contributed by atoms with van der Waals surface area (Å²) < 4.78 is 26.7. The van der Waals surface area contributed by atoms with Gasteiger partial charge in [-0.3, -0.25) is 14.5 Å². The summed E-state index contributed by atoms with van der Waals surface area (Å²) in [5.74, 6) is -1.62. The molecule has 1 aromatic rings. The van der Waals surface area contributed by atoms with E-state index in [4.69, 9.17) is 0 Å². The maximum absolute atomic E-state index is 12.7. The summed E-state index contributed by atoms with van der Waals surface area (Å²) in [5.41, 5.74) is 0. The Morgan fingerprint density at radius 1 is 1.00 bits per heavy atom. The highest BCUT2D eigenvalue weighted by molar-refractivity contribution is 7.89. The van der Waals surface area contributed by atoms with Crippen LogP contribution in [0.2, 0.25) is 0 Å². The van der Waals surface area contributed by atoms with Crippen molar-refractivity contribution in [2.45, 2.75) is 24.8 Å². The second-order valence-corrected chi connectivity index (χ2v) is 8.85. The summed E-state index contributed by atoms with van der Waals surface area (Å²) in [6.45, 7) is 4.86. The largest absolute Gasteiger partial charge is 0.338 e. The van der Waals surface area contributed by atoms with Crippen LogP contribution in [0, 0.1) is 0 Å². The molecule has 0 unspecified atom stereocenters. The summed E-state index contributed by atoms with van der Waals surface area (Å²) in [6.07, 6.45) is 0. The normalized spacial score (nSPS) is 20.2. The van der Waals surface area contributed by atoms with Crippen molar-refractivity contribution in [2.75, 3.05) is 32.8 Å². The number of hydrogen-bond donors (Lipinski definition) is 1. The van der Waals surface area contributed by atoms with Gasteiger partial charge in [0.05, 0.1) is 31.1 Å². The van der Waals surface area contributed by atoms with Crippen LogP contribution in [-0.2, 0) is 19.6 Å². The highest BCUT2D eigenvalue weighted by atomic mass is 32.2. The Kier molecular flexibility index (Phi) is 5.31. The number of carbonyl (C=O) groups excluding carboxylic acids is 3. The lowest BCUT2D eigenvalue weighted by atomic mass is 10.3. The highest BCUT2D eigenvalue weighted by Crippen LogP contribution is 2.16. The van der Waals surface area contributed by atoms with Gasteiger partial charge in [-0.1, -0.05) is 18.2 Å². The van der Waals surface area contributed by atoms with E-state index in [-0.39, 0.29) is 30.7 Å². The fourth-order valence-corrected chi connectivity index (χ4v) is 4.75. The first-order valence-corrected chi connectivity index (χ1v) is 10.2. The van der Waals surface area contributed by atoms with Gasteiger partial charge in [0, 0.05) is 6.04 Å². The van der Waals surface area contributed by atoms with Gasteiger partial charge in [0.25, 0.3) is 0 Å². The first-order valence-electron chi connectivity index (χ1n) is 8.81. The van der Waals surface area contributed by atoms with Gasteiger partial charge in [-0.05, 0) is 26.0 Å². The molecule has 0 bridgehead atoms. The lowest BCUT2D eigenvalue weighted by molar-refractivity contribution is -0.910. The molecule has 9 nitrogen and oxygen atoms in total. The van der Waals surface area contributed by atoms with E-state index in [1.165, 1.54) is 4.31 Å². The third-order valence-corrected chi connectivity index (χ3v) is 6.71. The average Bonchev–Trinajstić information content (AvgIpc) is 2.86. The Balaban J connectivity index is 1.63. The van der Waals surface area contributed by atoms with Crippen LogP contribution in [0.3, 0.4) is 0 Å². The molecule has 0 atom stereocenters. The number of urea groups is 1. The summed E-state index contributed by atoms with van der Waals surface area (Å²) >= 11 is 0. The quantitative estimate of drug-likeness (QED) is 0.495. The Hall–Kier alpha value is -2.30. The van der Waals surface area contributed by atoms with Crippen molar-refractivity contribution >= 4 is 27.9 Å². The third-order valence-electron chi connectivity index (χ3n) is 4.79. The zero-order valence-electron chi connectivity index (χ0n) is 15.3. The number of sulfonamides is 1. The number of nitrogens with one attached hydrogen (secondary N) is 1. The number of piperazine rings is 1. The summed E-state index contributed by atoms with van der Waals surface area (Å²) in [5, 5.41) is 0. The third kappa shape index (κ3) is 3.60. The molecule has 2 fully saturated rings. The summed E-state index contributed by atoms with van der Waals surface area (Å²) in [4.78, 5) is 39.5. The van der Waals surface area contributed by atoms with Gasteiger partial charge >= 0.3 is 17.8 Å². The average molecular weight is 395 g/mol. The molecule has 0 radical (unpaired) electrons. The van der Waals surface area contributed by atoms with Crippen LogP contribution in [0.4, 0.5) is 4.79 Å². The molecule has 0 spiro atoms. The van der Waals surface area contributed by atoms with Gasteiger partial charge < -0.3 is 4.90 Å². The Morgan fingerprint density at radius 2 is 1.59 bits per heavy atom. The molecular formula is C17H23N4O5S+. The maximum atomic E-state index is 12.7. The van der Waals surface area contributed by atoms with E-state index in [0.29, 0.717) is 13.1 Å². The lowest BCUT2D eigenvalue weighted by Gasteiger charge is -2.32. The van der Waals surface area contributed by atoms with Gasteiger partial charge in [0.2, 0.25) is 10.0 Å². The minimum Gasteiger partial charge on any atom is -0.315 e. The maximum Gasteiger partial charge on any atom is 0.338 e. The molecule has 10 heteroatoms. The molecule has 0 aromatic heterocycles. The van der Waals surface area contributed by atoms with Gasteiger partial charge in [0.1, 0.15) is 0 Å². The monoisotopic (exact) mass is 395 g/mol. The molecule has 27 heavy (non-hydrogen) atoms. The minimum absolute atomic E-state index is 0.0614. The Bertz CT molecular complexity index is 847. The molecule has 2 heterocycles. The predicted molar refractivity (Wildman–Crippen MR) is 95.0 cm³/mol. The van der Waals surface area contributed by atoms with Gasteiger partial charge in [-0.15, -0.1) is 0 Å². The number of benzene rings is 1. The van der Waals surface area contributed by atoms with E-state index in [1.54, 1.807) is 44.2 Å². The number of amides is 4. The standard InChI is InChI=1S/C17H22N4O5S/c1-13(2)21-16(23)15(22)20(17(21)24)12-18-8-10-19(11-9-18)27(25,26)14-6-4-3-5-7-14/h3-7,13H,8-12H2,1-2H3/p+1. The fraction of sp³-hybridized carbons (Fsp3) is 0.471. The van der Waals surface area contributed by atoms with Crippen molar-refractivity contribution in [3.05, 3.63) is 30.3 Å². The van der Waals surface area contributed by atoms with Crippen molar-refractivity contribution in [1.29, 1.82) is 0 Å². The number of nitrogens with zero attached hydrogens (tertiary/aromatic N) is 3.